The Bertz CT molecular complexity index is 588. The second kappa shape index (κ2) is 5.53. The molecule has 2 aliphatic rings. The molecule has 0 saturated heterocycles. The first-order chi connectivity index (χ1) is 9.99. The highest BCUT2D eigenvalue weighted by atomic mass is 32.2. The first-order valence-electron chi connectivity index (χ1n) is 7.46. The molecule has 1 aromatic rings. The monoisotopic (exact) mass is 310 g/mol. The third-order valence-corrected chi connectivity index (χ3v) is 6.54. The van der Waals surface area contributed by atoms with E-state index in [1.54, 1.807) is 12.4 Å². The molecule has 1 heterocycles. The lowest BCUT2D eigenvalue weighted by molar-refractivity contribution is 0.480. The van der Waals surface area contributed by atoms with Crippen molar-refractivity contribution in [3.8, 4) is 0 Å². The highest BCUT2D eigenvalue weighted by Gasteiger charge is 2.57. The molecule has 2 fully saturated rings. The number of hydrogen-bond acceptors (Lipinski definition) is 5. The van der Waals surface area contributed by atoms with E-state index < -0.39 is 10.0 Å². The molecule has 3 rings (SSSR count). The van der Waals surface area contributed by atoms with Gasteiger partial charge in [0.25, 0.3) is 0 Å². The van der Waals surface area contributed by atoms with Crippen molar-refractivity contribution in [2.24, 2.45) is 11.8 Å². The van der Waals surface area contributed by atoms with Gasteiger partial charge in [0.1, 0.15) is 5.82 Å². The third kappa shape index (κ3) is 3.03. The highest BCUT2D eigenvalue weighted by Crippen LogP contribution is 2.53. The highest BCUT2D eigenvalue weighted by molar-refractivity contribution is 7.90. The molecule has 0 aromatic carbocycles. The van der Waals surface area contributed by atoms with Gasteiger partial charge < -0.3 is 4.90 Å². The Morgan fingerprint density at radius 1 is 1.19 bits per heavy atom. The van der Waals surface area contributed by atoms with Crippen LogP contribution in [-0.4, -0.2) is 37.7 Å². The van der Waals surface area contributed by atoms with Crippen molar-refractivity contribution in [1.29, 1.82) is 0 Å². The van der Waals surface area contributed by atoms with Crippen molar-refractivity contribution >= 4 is 15.7 Å². The lowest BCUT2D eigenvalue weighted by Crippen LogP contribution is -2.29. The molecule has 1 N–H and O–H groups in total. The first-order valence-corrected chi connectivity index (χ1v) is 9.00. The lowest BCUT2D eigenvalue weighted by atomic mass is 10.0. The Labute approximate surface area is 126 Å². The van der Waals surface area contributed by atoms with Gasteiger partial charge in [-0.1, -0.05) is 12.8 Å². The number of nitrogens with one attached hydrogen (secondary N) is 1. The predicted molar refractivity (Wildman–Crippen MR) is 81.4 cm³/mol. The summed E-state index contributed by atoms with van der Waals surface area (Å²) in [4.78, 5) is 10.3. The fraction of sp³-hybridized carbons (Fsp3) is 0.714. The maximum atomic E-state index is 12.3. The van der Waals surface area contributed by atoms with Gasteiger partial charge in [-0.15, -0.1) is 0 Å². The van der Waals surface area contributed by atoms with Crippen LogP contribution in [0.5, 0.6) is 0 Å². The molecule has 21 heavy (non-hydrogen) atoms. The molecular weight excluding hydrogens is 288 g/mol. The van der Waals surface area contributed by atoms with E-state index in [1.165, 1.54) is 12.8 Å². The van der Waals surface area contributed by atoms with Crippen molar-refractivity contribution in [2.75, 3.05) is 19.0 Å². The fourth-order valence-electron chi connectivity index (χ4n) is 3.32. The van der Waals surface area contributed by atoms with Crippen molar-refractivity contribution in [2.45, 2.75) is 37.5 Å². The summed E-state index contributed by atoms with van der Waals surface area (Å²) in [5.74, 6) is 1.27. The number of fused-ring (bicyclic) bond motifs is 1. The summed E-state index contributed by atoms with van der Waals surface area (Å²) in [7, 11) is 0.591. The molecule has 0 aliphatic heterocycles. The Morgan fingerprint density at radius 3 is 2.29 bits per heavy atom. The number of sulfonamides is 1. The van der Waals surface area contributed by atoms with E-state index in [4.69, 9.17) is 0 Å². The van der Waals surface area contributed by atoms with Crippen LogP contribution in [0.2, 0.25) is 0 Å². The predicted octanol–water partition coefficient (Wildman–Crippen LogP) is 1.15. The molecule has 2 atom stereocenters. The minimum absolute atomic E-state index is 0.173. The summed E-state index contributed by atoms with van der Waals surface area (Å²) >= 11 is 0. The molecule has 6 nitrogen and oxygen atoms in total. The minimum Gasteiger partial charge on any atom is -0.375 e. The van der Waals surface area contributed by atoms with Gasteiger partial charge in [0.2, 0.25) is 10.0 Å². The van der Waals surface area contributed by atoms with Gasteiger partial charge in [0.05, 0.1) is 29.9 Å². The molecule has 2 unspecified atom stereocenters. The Balaban J connectivity index is 1.59. The third-order valence-electron chi connectivity index (χ3n) is 4.58. The molecule has 0 spiro atoms. The van der Waals surface area contributed by atoms with Crippen LogP contribution in [0, 0.1) is 11.8 Å². The Hall–Kier alpha value is -1.21. The van der Waals surface area contributed by atoms with E-state index in [-0.39, 0.29) is 11.8 Å². The van der Waals surface area contributed by atoms with Crippen LogP contribution in [0.15, 0.2) is 12.4 Å². The van der Waals surface area contributed by atoms with E-state index in [2.05, 4.69) is 14.7 Å². The number of rotatable bonds is 5. The summed E-state index contributed by atoms with van der Waals surface area (Å²) in [5.41, 5.74) is 0.898. The van der Waals surface area contributed by atoms with Crippen LogP contribution in [0.4, 0.5) is 5.69 Å². The van der Waals surface area contributed by atoms with Gasteiger partial charge in [-0.05, 0) is 24.7 Å². The maximum Gasteiger partial charge on any atom is 0.215 e. The van der Waals surface area contributed by atoms with Gasteiger partial charge in [-0.2, -0.15) is 0 Å². The molecule has 0 radical (unpaired) electrons. The van der Waals surface area contributed by atoms with Crippen molar-refractivity contribution in [3.05, 3.63) is 18.2 Å². The number of hydrogen-bond donors (Lipinski definition) is 1. The molecule has 7 heteroatoms. The topological polar surface area (TPSA) is 75.2 Å². The molecule has 2 aliphatic carbocycles. The second-order valence-corrected chi connectivity index (χ2v) is 8.12. The van der Waals surface area contributed by atoms with Gasteiger partial charge in [0.15, 0.2) is 0 Å². The maximum absolute atomic E-state index is 12.3. The van der Waals surface area contributed by atoms with Crippen LogP contribution in [0.25, 0.3) is 0 Å². The van der Waals surface area contributed by atoms with E-state index in [0.29, 0.717) is 17.7 Å². The zero-order valence-electron chi connectivity index (χ0n) is 12.5. The van der Waals surface area contributed by atoms with E-state index in [0.717, 1.165) is 18.5 Å². The zero-order valence-corrected chi connectivity index (χ0v) is 13.3. The molecule has 1 aromatic heterocycles. The molecule has 116 valence electrons. The minimum atomic E-state index is -3.23. The number of anilines is 1. The molecular formula is C14H22N4O2S. The van der Waals surface area contributed by atoms with E-state index in [1.807, 2.05) is 19.0 Å². The summed E-state index contributed by atoms with van der Waals surface area (Å²) in [6, 6.07) is 0. The van der Waals surface area contributed by atoms with Gasteiger partial charge in [-0.3, -0.25) is 0 Å². The number of nitrogens with zero attached hydrogens (tertiary/aromatic N) is 3. The quantitative estimate of drug-likeness (QED) is 0.883. The lowest BCUT2D eigenvalue weighted by Gasteiger charge is -2.11. The molecule has 2 saturated carbocycles. The van der Waals surface area contributed by atoms with Crippen LogP contribution < -0.4 is 9.62 Å². The summed E-state index contributed by atoms with van der Waals surface area (Å²) < 4.78 is 27.3. The van der Waals surface area contributed by atoms with Gasteiger partial charge >= 0.3 is 0 Å². The van der Waals surface area contributed by atoms with Crippen LogP contribution >= 0.6 is 0 Å². The largest absolute Gasteiger partial charge is 0.375 e. The van der Waals surface area contributed by atoms with Gasteiger partial charge in [0, 0.05) is 14.1 Å². The second-order valence-electron chi connectivity index (χ2n) is 6.19. The summed E-state index contributed by atoms with van der Waals surface area (Å²) in [6.45, 7) is 0.173. The Morgan fingerprint density at radius 2 is 1.76 bits per heavy atom. The number of aromatic nitrogens is 2. The SMILES string of the molecule is CN(C)c1cnc(CNS(=O)(=O)C2C3CCCCC32)nc1. The first kappa shape index (κ1) is 14.7. The van der Waals surface area contributed by atoms with Crippen LogP contribution in [0.3, 0.4) is 0 Å². The smallest absolute Gasteiger partial charge is 0.215 e. The van der Waals surface area contributed by atoms with Crippen LogP contribution in [0.1, 0.15) is 31.5 Å². The average Bonchev–Trinajstić information content (AvgIpc) is 3.21. The van der Waals surface area contributed by atoms with Crippen molar-refractivity contribution < 1.29 is 8.42 Å². The standard InChI is InChI=1S/C14H22N4O2S/c1-18(2)10-7-15-13(16-8-10)9-17-21(19,20)14-11-5-3-4-6-12(11)14/h7-8,11-12,14,17H,3-6,9H2,1-2H3. The fourth-order valence-corrected chi connectivity index (χ4v) is 5.35. The average molecular weight is 310 g/mol. The molecule has 0 bridgehead atoms. The van der Waals surface area contributed by atoms with E-state index in [9.17, 15) is 8.42 Å². The summed E-state index contributed by atoms with van der Waals surface area (Å²) in [6.07, 6.45) is 7.86. The van der Waals surface area contributed by atoms with Gasteiger partial charge in [-0.25, -0.2) is 23.1 Å². The normalized spacial score (nSPS) is 28.0. The van der Waals surface area contributed by atoms with Crippen LogP contribution in [-0.2, 0) is 16.6 Å². The van der Waals surface area contributed by atoms with Crippen molar-refractivity contribution in [1.82, 2.24) is 14.7 Å². The zero-order chi connectivity index (χ0) is 15.0. The van der Waals surface area contributed by atoms with E-state index >= 15 is 0 Å². The molecule has 0 amide bonds. The summed E-state index contributed by atoms with van der Waals surface area (Å²) in [5, 5.41) is -0.180. The Kier molecular flexibility index (Phi) is 3.88. The van der Waals surface area contributed by atoms with Crippen molar-refractivity contribution in [3.63, 3.8) is 0 Å².